The number of halogens is 5. The summed E-state index contributed by atoms with van der Waals surface area (Å²) in [5.74, 6) is -0.933. The first-order chi connectivity index (χ1) is 6.89. The highest BCUT2D eigenvalue weighted by Crippen LogP contribution is 2.32. The van der Waals surface area contributed by atoms with Gasteiger partial charge in [-0.15, -0.1) is 0 Å². The van der Waals surface area contributed by atoms with E-state index < -0.39 is 12.0 Å². The van der Waals surface area contributed by atoms with Crippen LogP contribution in [-0.4, -0.2) is 9.38 Å². The largest absolute Gasteiger partial charge is 0.450 e. The van der Waals surface area contributed by atoms with Crippen molar-refractivity contribution in [3.8, 4) is 0 Å². The zero-order valence-electron chi connectivity index (χ0n) is 7.02. The summed E-state index contributed by atoms with van der Waals surface area (Å²) in [6.45, 7) is 0. The molecule has 2 heterocycles. The third-order valence-corrected chi connectivity index (χ3v) is 2.89. The quantitative estimate of drug-likeness (QED) is 0.709. The Labute approximate surface area is 99.4 Å². The van der Waals surface area contributed by atoms with Crippen LogP contribution in [0, 0.1) is 0 Å². The van der Waals surface area contributed by atoms with E-state index in [1.165, 1.54) is 12.3 Å². The summed E-state index contributed by atoms with van der Waals surface area (Å²) >= 11 is 6.17. The van der Waals surface area contributed by atoms with Crippen molar-refractivity contribution in [1.29, 1.82) is 0 Å². The molecule has 0 radical (unpaired) electrons. The van der Waals surface area contributed by atoms with Gasteiger partial charge >= 0.3 is 6.18 Å². The Morgan fingerprint density at radius 3 is 2.53 bits per heavy atom. The first-order valence-corrected chi connectivity index (χ1v) is 5.38. The normalized spacial score (nSPS) is 12.3. The Morgan fingerprint density at radius 2 is 1.93 bits per heavy atom. The van der Waals surface area contributed by atoms with Gasteiger partial charge in [0, 0.05) is 10.7 Å². The lowest BCUT2D eigenvalue weighted by Crippen LogP contribution is -2.10. The number of pyridine rings is 1. The van der Waals surface area contributed by atoms with Gasteiger partial charge in [-0.1, -0.05) is 15.9 Å². The summed E-state index contributed by atoms with van der Waals surface area (Å²) in [6, 6.07) is 3.09. The van der Waals surface area contributed by atoms with Gasteiger partial charge in [0.2, 0.25) is 5.82 Å². The molecule has 7 heteroatoms. The Bertz CT molecular complexity index is 518. The van der Waals surface area contributed by atoms with Crippen molar-refractivity contribution >= 4 is 37.4 Å². The molecule has 2 aromatic heterocycles. The summed E-state index contributed by atoms with van der Waals surface area (Å²) in [5.41, 5.74) is 0.372. The fourth-order valence-electron chi connectivity index (χ4n) is 1.22. The van der Waals surface area contributed by atoms with Crippen LogP contribution >= 0.6 is 31.9 Å². The molecule has 2 nitrogen and oxygen atoms in total. The number of hydrogen-bond donors (Lipinski definition) is 0. The molecule has 0 spiro atoms. The highest BCUT2D eigenvalue weighted by Gasteiger charge is 2.36. The van der Waals surface area contributed by atoms with Crippen LogP contribution < -0.4 is 0 Å². The van der Waals surface area contributed by atoms with Crippen molar-refractivity contribution in [2.75, 3.05) is 0 Å². The molecule has 2 rings (SSSR count). The molecular weight excluding hydrogens is 341 g/mol. The lowest BCUT2D eigenvalue weighted by Gasteiger charge is -2.04. The number of alkyl halides is 3. The van der Waals surface area contributed by atoms with Gasteiger partial charge < -0.3 is 0 Å². The molecule has 0 bridgehead atoms. The molecule has 0 atom stereocenters. The number of fused-ring (bicyclic) bond motifs is 1. The first kappa shape index (κ1) is 10.9. The molecule has 0 aromatic carbocycles. The van der Waals surface area contributed by atoms with E-state index >= 15 is 0 Å². The van der Waals surface area contributed by atoms with Crippen LogP contribution in [0.2, 0.25) is 0 Å². The Hall–Kier alpha value is -0.560. The molecule has 0 fully saturated rings. The zero-order valence-corrected chi connectivity index (χ0v) is 10.2. The average molecular weight is 344 g/mol. The third-order valence-electron chi connectivity index (χ3n) is 1.81. The lowest BCUT2D eigenvalue weighted by molar-refractivity contribution is -0.145. The molecule has 0 aliphatic heterocycles. The van der Waals surface area contributed by atoms with Crippen molar-refractivity contribution in [2.24, 2.45) is 0 Å². The number of aromatic nitrogens is 2. The molecule has 0 N–H and O–H groups in total. The second-order valence-corrected chi connectivity index (χ2v) is 4.49. The van der Waals surface area contributed by atoms with E-state index in [1.807, 2.05) is 0 Å². The predicted octanol–water partition coefficient (Wildman–Crippen LogP) is 3.88. The van der Waals surface area contributed by atoms with Crippen molar-refractivity contribution in [3.05, 3.63) is 33.2 Å². The van der Waals surface area contributed by atoms with Crippen LogP contribution in [0.3, 0.4) is 0 Å². The molecule has 0 aliphatic carbocycles. The van der Waals surface area contributed by atoms with Crippen LogP contribution in [0.1, 0.15) is 5.82 Å². The van der Waals surface area contributed by atoms with Crippen LogP contribution in [0.4, 0.5) is 13.2 Å². The zero-order chi connectivity index (χ0) is 11.2. The van der Waals surface area contributed by atoms with Gasteiger partial charge in [-0.05, 0) is 28.1 Å². The number of nitrogens with zero attached hydrogens (tertiary/aromatic N) is 2. The predicted molar refractivity (Wildman–Crippen MR) is 55.6 cm³/mol. The highest BCUT2D eigenvalue weighted by molar-refractivity contribution is 9.11. The van der Waals surface area contributed by atoms with Gasteiger partial charge in [0.15, 0.2) is 0 Å². The standard InChI is InChI=1S/C8H3Br2F3N2/c9-4-1-2-15-5(3-4)6(10)14-7(15)8(11,12)13/h1-3H. The van der Waals surface area contributed by atoms with Gasteiger partial charge in [-0.3, -0.25) is 4.40 Å². The molecule has 0 saturated heterocycles. The number of rotatable bonds is 0. The van der Waals surface area contributed by atoms with E-state index in [9.17, 15) is 13.2 Å². The smallest absolute Gasteiger partial charge is 0.295 e. The summed E-state index contributed by atoms with van der Waals surface area (Å²) in [4.78, 5) is 3.44. The number of hydrogen-bond acceptors (Lipinski definition) is 1. The maximum absolute atomic E-state index is 12.5. The van der Waals surface area contributed by atoms with Crippen LogP contribution in [0.25, 0.3) is 5.52 Å². The van der Waals surface area contributed by atoms with Crippen molar-refractivity contribution in [1.82, 2.24) is 9.38 Å². The molecule has 0 aliphatic rings. The summed E-state index contributed by atoms with van der Waals surface area (Å²) in [7, 11) is 0. The second kappa shape index (κ2) is 3.48. The van der Waals surface area contributed by atoms with Crippen molar-refractivity contribution in [3.63, 3.8) is 0 Å². The van der Waals surface area contributed by atoms with Gasteiger partial charge in [0.25, 0.3) is 0 Å². The van der Waals surface area contributed by atoms with E-state index in [0.717, 1.165) is 4.40 Å². The van der Waals surface area contributed by atoms with Crippen LogP contribution in [0.5, 0.6) is 0 Å². The van der Waals surface area contributed by atoms with Crippen molar-refractivity contribution < 1.29 is 13.2 Å². The first-order valence-electron chi connectivity index (χ1n) is 3.80. The molecular formula is C8H3Br2F3N2. The monoisotopic (exact) mass is 342 g/mol. The molecule has 0 unspecified atom stereocenters. The van der Waals surface area contributed by atoms with E-state index in [1.54, 1.807) is 6.07 Å². The van der Waals surface area contributed by atoms with Crippen LogP contribution in [-0.2, 0) is 6.18 Å². The second-order valence-electron chi connectivity index (χ2n) is 2.82. The summed E-state index contributed by atoms with van der Waals surface area (Å²) < 4.78 is 39.4. The lowest BCUT2D eigenvalue weighted by atomic mass is 10.4. The summed E-state index contributed by atoms with van der Waals surface area (Å²) in [5, 5.41) is 0. The van der Waals surface area contributed by atoms with Crippen LogP contribution in [0.15, 0.2) is 27.4 Å². The number of imidazole rings is 1. The fraction of sp³-hybridized carbons (Fsp3) is 0.125. The maximum atomic E-state index is 12.5. The Kier molecular flexibility index (Phi) is 2.54. The SMILES string of the molecule is FC(F)(F)c1nc(Br)c2cc(Br)ccn12. The Morgan fingerprint density at radius 1 is 1.27 bits per heavy atom. The van der Waals surface area contributed by atoms with E-state index in [0.29, 0.717) is 9.99 Å². The van der Waals surface area contributed by atoms with Gasteiger partial charge in [0.1, 0.15) is 4.60 Å². The van der Waals surface area contributed by atoms with E-state index in [2.05, 4.69) is 36.8 Å². The minimum atomic E-state index is -4.46. The minimum absolute atomic E-state index is 0.177. The maximum Gasteiger partial charge on any atom is 0.450 e. The molecule has 15 heavy (non-hydrogen) atoms. The molecule has 80 valence electrons. The molecule has 0 amide bonds. The van der Waals surface area contributed by atoms with Crippen molar-refractivity contribution in [2.45, 2.75) is 6.18 Å². The summed E-state index contributed by atoms with van der Waals surface area (Å²) in [6.07, 6.45) is -3.14. The van der Waals surface area contributed by atoms with Gasteiger partial charge in [0.05, 0.1) is 5.52 Å². The fourth-order valence-corrected chi connectivity index (χ4v) is 2.03. The third kappa shape index (κ3) is 1.90. The minimum Gasteiger partial charge on any atom is -0.295 e. The Balaban J connectivity index is 2.79. The average Bonchev–Trinajstić information content (AvgIpc) is 2.43. The topological polar surface area (TPSA) is 17.3 Å². The molecule has 0 saturated carbocycles. The van der Waals surface area contributed by atoms with Gasteiger partial charge in [-0.25, -0.2) is 4.98 Å². The molecule has 2 aromatic rings. The highest BCUT2D eigenvalue weighted by atomic mass is 79.9. The van der Waals surface area contributed by atoms with E-state index in [4.69, 9.17) is 0 Å². The van der Waals surface area contributed by atoms with E-state index in [-0.39, 0.29) is 4.60 Å². The van der Waals surface area contributed by atoms with Gasteiger partial charge in [-0.2, -0.15) is 13.2 Å².